The van der Waals surface area contributed by atoms with E-state index in [2.05, 4.69) is 77.4 Å². The van der Waals surface area contributed by atoms with E-state index >= 15 is 0 Å². The minimum Gasteiger partial charge on any atom is -0.497 e. The number of rotatable bonds is 8. The Morgan fingerprint density at radius 2 is 1.20 bits per heavy atom. The number of methoxy groups -OCH3 is 2. The first kappa shape index (κ1) is 22.8. The van der Waals surface area contributed by atoms with Crippen LogP contribution in [0.2, 0.25) is 0 Å². The number of ether oxygens (including phenoxy) is 2. The van der Waals surface area contributed by atoms with E-state index in [1.54, 1.807) is 26.0 Å². The second kappa shape index (κ2) is 10.5. The highest BCUT2D eigenvalue weighted by molar-refractivity contribution is 7.99. The van der Waals surface area contributed by atoms with Gasteiger partial charge in [0.05, 0.1) is 32.2 Å². The molecule has 0 atom stereocenters. The van der Waals surface area contributed by atoms with Crippen LogP contribution in [0.4, 0.5) is 0 Å². The van der Waals surface area contributed by atoms with Gasteiger partial charge in [-0.25, -0.2) is 4.98 Å². The first-order chi connectivity index (χ1) is 17.2. The lowest BCUT2D eigenvalue weighted by atomic mass is 10.0. The predicted molar refractivity (Wildman–Crippen MR) is 142 cm³/mol. The molecule has 1 heterocycles. The number of hydrogen-bond donors (Lipinski definition) is 0. The zero-order valence-corrected chi connectivity index (χ0v) is 20.5. The molecule has 0 aliphatic heterocycles. The lowest BCUT2D eigenvalue weighted by Gasteiger charge is -2.14. The summed E-state index contributed by atoms with van der Waals surface area (Å²) in [4.78, 5) is 6.35. The Morgan fingerprint density at radius 3 is 1.77 bits per heavy atom. The molecule has 174 valence electrons. The highest BCUT2D eigenvalue weighted by Crippen LogP contribution is 2.39. The average molecular weight is 479 g/mol. The molecule has 4 aromatic carbocycles. The van der Waals surface area contributed by atoms with Crippen molar-refractivity contribution >= 4 is 11.8 Å². The smallest absolute Gasteiger partial charge is 0.174 e. The monoisotopic (exact) mass is 478 g/mol. The van der Waals surface area contributed by atoms with E-state index in [1.165, 1.54) is 5.56 Å². The van der Waals surface area contributed by atoms with Crippen LogP contribution in [-0.2, 0) is 6.54 Å². The van der Waals surface area contributed by atoms with Crippen molar-refractivity contribution in [2.45, 2.75) is 16.6 Å². The van der Waals surface area contributed by atoms with Crippen molar-refractivity contribution in [3.63, 3.8) is 0 Å². The third kappa shape index (κ3) is 5.10. The van der Waals surface area contributed by atoms with Crippen LogP contribution in [0.15, 0.2) is 119 Å². The predicted octanol–water partition coefficient (Wildman–Crippen LogP) is 7.43. The van der Waals surface area contributed by atoms with Crippen LogP contribution in [0.25, 0.3) is 22.5 Å². The Kier molecular flexibility index (Phi) is 6.87. The zero-order chi connectivity index (χ0) is 24.0. The Hall–Kier alpha value is -3.96. The van der Waals surface area contributed by atoms with Gasteiger partial charge in [0.15, 0.2) is 5.16 Å². The maximum atomic E-state index is 5.42. The van der Waals surface area contributed by atoms with E-state index < -0.39 is 0 Å². The summed E-state index contributed by atoms with van der Waals surface area (Å²) in [7, 11) is 3.37. The van der Waals surface area contributed by atoms with E-state index in [0.717, 1.165) is 44.1 Å². The molecule has 0 saturated carbocycles. The molecule has 5 heteroatoms. The van der Waals surface area contributed by atoms with Gasteiger partial charge in [0.25, 0.3) is 0 Å². The van der Waals surface area contributed by atoms with E-state index in [0.29, 0.717) is 6.54 Å². The fourth-order valence-electron chi connectivity index (χ4n) is 4.01. The number of nitrogens with zero attached hydrogens (tertiary/aromatic N) is 2. The zero-order valence-electron chi connectivity index (χ0n) is 19.7. The van der Waals surface area contributed by atoms with Crippen LogP contribution < -0.4 is 9.47 Å². The molecule has 0 amide bonds. The largest absolute Gasteiger partial charge is 0.497 e. The molecule has 5 rings (SSSR count). The average Bonchev–Trinajstić information content (AvgIpc) is 3.27. The number of imidazole rings is 1. The first-order valence-electron chi connectivity index (χ1n) is 11.4. The molecule has 0 bridgehead atoms. The van der Waals surface area contributed by atoms with Crippen molar-refractivity contribution in [3.8, 4) is 34.0 Å². The molecule has 0 spiro atoms. The van der Waals surface area contributed by atoms with Crippen molar-refractivity contribution in [2.75, 3.05) is 14.2 Å². The summed E-state index contributed by atoms with van der Waals surface area (Å²) in [5.74, 6) is 1.65. The maximum absolute atomic E-state index is 5.42. The number of aromatic nitrogens is 2. The van der Waals surface area contributed by atoms with E-state index in [9.17, 15) is 0 Å². The fraction of sp³-hybridized carbons (Fsp3) is 0.100. The van der Waals surface area contributed by atoms with Gasteiger partial charge in [0.2, 0.25) is 0 Å². The van der Waals surface area contributed by atoms with Gasteiger partial charge in [-0.1, -0.05) is 60.3 Å². The van der Waals surface area contributed by atoms with E-state index in [1.807, 2.05) is 36.4 Å². The van der Waals surface area contributed by atoms with Crippen molar-refractivity contribution in [1.29, 1.82) is 0 Å². The topological polar surface area (TPSA) is 36.3 Å². The lowest BCUT2D eigenvalue weighted by Crippen LogP contribution is -2.04. The van der Waals surface area contributed by atoms with Gasteiger partial charge >= 0.3 is 0 Å². The quantitative estimate of drug-likeness (QED) is 0.232. The molecule has 0 unspecified atom stereocenters. The van der Waals surface area contributed by atoms with Crippen LogP contribution >= 0.6 is 11.8 Å². The third-order valence-corrected chi connectivity index (χ3v) is 6.80. The third-order valence-electron chi connectivity index (χ3n) is 5.80. The van der Waals surface area contributed by atoms with Crippen molar-refractivity contribution in [1.82, 2.24) is 9.55 Å². The lowest BCUT2D eigenvalue weighted by molar-refractivity contribution is 0.414. The van der Waals surface area contributed by atoms with Crippen LogP contribution in [0.1, 0.15) is 5.56 Å². The minimum absolute atomic E-state index is 0.709. The molecule has 0 saturated heterocycles. The molecule has 0 N–H and O–H groups in total. The van der Waals surface area contributed by atoms with Crippen LogP contribution in [0.3, 0.4) is 0 Å². The molecule has 4 nitrogen and oxygen atoms in total. The van der Waals surface area contributed by atoms with Gasteiger partial charge in [-0.2, -0.15) is 0 Å². The fourth-order valence-corrected chi connectivity index (χ4v) is 4.92. The van der Waals surface area contributed by atoms with Gasteiger partial charge in [-0.15, -0.1) is 0 Å². The summed E-state index contributed by atoms with van der Waals surface area (Å²) < 4.78 is 13.1. The highest BCUT2D eigenvalue weighted by atomic mass is 32.2. The summed E-state index contributed by atoms with van der Waals surface area (Å²) in [6.45, 7) is 0.709. The summed E-state index contributed by atoms with van der Waals surface area (Å²) in [6, 6.07) is 37.2. The number of benzene rings is 4. The molecule has 1 aromatic heterocycles. The summed E-state index contributed by atoms with van der Waals surface area (Å²) in [5, 5.41) is 0.941. The maximum Gasteiger partial charge on any atom is 0.174 e. The standard InChI is InChI=1S/C30H26N2O2S/c1-33-25-17-13-23(14-18-25)28-29(24-15-19-26(34-2)20-16-24)32(21-22-9-5-3-6-10-22)30(31-28)35-27-11-7-4-8-12-27/h3-20H,21H2,1-2H3. The van der Waals surface area contributed by atoms with Gasteiger partial charge in [0, 0.05) is 16.0 Å². The molecule has 35 heavy (non-hydrogen) atoms. The summed E-state index contributed by atoms with van der Waals surface area (Å²) >= 11 is 1.68. The summed E-state index contributed by atoms with van der Waals surface area (Å²) in [5.41, 5.74) is 5.35. The van der Waals surface area contributed by atoms with Crippen LogP contribution in [0, 0.1) is 0 Å². The molecule has 0 aliphatic carbocycles. The molecular formula is C30H26N2O2S. The Bertz CT molecular complexity index is 1380. The van der Waals surface area contributed by atoms with Crippen LogP contribution in [-0.4, -0.2) is 23.8 Å². The Balaban J connectivity index is 1.71. The second-order valence-electron chi connectivity index (χ2n) is 8.04. The second-order valence-corrected chi connectivity index (χ2v) is 9.08. The van der Waals surface area contributed by atoms with Crippen LogP contribution in [0.5, 0.6) is 11.5 Å². The van der Waals surface area contributed by atoms with Gasteiger partial charge in [0.1, 0.15) is 11.5 Å². The molecule has 5 aromatic rings. The molecule has 0 radical (unpaired) electrons. The molecule has 0 aliphatic rings. The van der Waals surface area contributed by atoms with E-state index in [-0.39, 0.29) is 0 Å². The Labute approximate surface area is 210 Å². The normalized spacial score (nSPS) is 10.8. The highest BCUT2D eigenvalue weighted by Gasteiger charge is 2.21. The van der Waals surface area contributed by atoms with Crippen molar-refractivity contribution in [3.05, 3.63) is 115 Å². The van der Waals surface area contributed by atoms with Crippen molar-refractivity contribution < 1.29 is 9.47 Å². The molecule has 0 fully saturated rings. The first-order valence-corrected chi connectivity index (χ1v) is 12.2. The van der Waals surface area contributed by atoms with E-state index in [4.69, 9.17) is 14.5 Å². The van der Waals surface area contributed by atoms with Gasteiger partial charge < -0.3 is 14.0 Å². The summed E-state index contributed by atoms with van der Waals surface area (Å²) in [6.07, 6.45) is 0. The Morgan fingerprint density at radius 1 is 0.657 bits per heavy atom. The van der Waals surface area contributed by atoms with Gasteiger partial charge in [-0.05, 0) is 66.2 Å². The van der Waals surface area contributed by atoms with Crippen molar-refractivity contribution in [2.24, 2.45) is 0 Å². The SMILES string of the molecule is COc1ccc(-c2nc(Sc3ccccc3)n(Cc3ccccc3)c2-c2ccc(OC)cc2)cc1. The molecular weight excluding hydrogens is 452 g/mol. The number of hydrogen-bond acceptors (Lipinski definition) is 4. The van der Waals surface area contributed by atoms with Gasteiger partial charge in [-0.3, -0.25) is 0 Å². The minimum atomic E-state index is 0.709.